The van der Waals surface area contributed by atoms with E-state index in [0.717, 1.165) is 18.4 Å². The highest BCUT2D eigenvalue weighted by Gasteiger charge is 2.33. The number of nitrogens with zero attached hydrogens (tertiary/aromatic N) is 1. The molecule has 0 bridgehead atoms. The first kappa shape index (κ1) is 7.53. The molecule has 1 heterocycles. The smallest absolute Gasteiger partial charge is 0.250 e. The van der Waals surface area contributed by atoms with E-state index in [1.54, 1.807) is 0 Å². The van der Waals surface area contributed by atoms with Crippen LogP contribution in [0.3, 0.4) is 0 Å². The molecule has 0 saturated heterocycles. The normalized spacial score (nSPS) is 23.0. The molecule has 0 atom stereocenters. The van der Waals surface area contributed by atoms with E-state index in [-0.39, 0.29) is 5.91 Å². The van der Waals surface area contributed by atoms with Crippen LogP contribution in [0.5, 0.6) is 0 Å². The van der Waals surface area contributed by atoms with Gasteiger partial charge in [-0.15, -0.1) is 0 Å². The fraction of sp³-hybridized carbons (Fsp3) is 0.556. The first-order chi connectivity index (χ1) is 5.77. The second kappa shape index (κ2) is 2.73. The fourth-order valence-corrected chi connectivity index (χ4v) is 1.48. The van der Waals surface area contributed by atoms with Gasteiger partial charge in [0.05, 0.1) is 5.57 Å². The predicted molar refractivity (Wildman–Crippen MR) is 45.9 cm³/mol. The van der Waals surface area contributed by atoms with Gasteiger partial charge in [-0.05, 0) is 6.42 Å². The number of amides is 1. The molecule has 2 aliphatic rings. The Labute approximate surface area is 71.6 Å². The van der Waals surface area contributed by atoms with Crippen molar-refractivity contribution in [2.45, 2.75) is 31.7 Å². The summed E-state index contributed by atoms with van der Waals surface area (Å²) >= 11 is 0. The van der Waals surface area contributed by atoms with Gasteiger partial charge in [-0.2, -0.15) is 0 Å². The molecule has 0 unspecified atom stereocenters. The molecule has 0 spiro atoms. The van der Waals surface area contributed by atoms with E-state index in [2.05, 4.69) is 10.8 Å². The van der Waals surface area contributed by atoms with Crippen molar-refractivity contribution in [1.82, 2.24) is 0 Å². The maximum atomic E-state index is 10.9. The minimum absolute atomic E-state index is 0.270. The van der Waals surface area contributed by atoms with Crippen LogP contribution in [0.4, 0.5) is 0 Å². The van der Waals surface area contributed by atoms with Crippen molar-refractivity contribution in [1.29, 1.82) is 0 Å². The molecule has 1 fully saturated rings. The van der Waals surface area contributed by atoms with Crippen LogP contribution in [0.25, 0.3) is 0 Å². The van der Waals surface area contributed by atoms with Gasteiger partial charge in [0, 0.05) is 19.3 Å². The average Bonchev–Trinajstić information content (AvgIpc) is 2.87. The molecule has 1 amide bonds. The topological polar surface area (TPSA) is 46.1 Å². The fourth-order valence-electron chi connectivity index (χ4n) is 1.48. The summed E-state index contributed by atoms with van der Waals surface area (Å²) in [4.78, 5) is 10.9. The Morgan fingerprint density at radius 2 is 2.33 bits per heavy atom. The third-order valence-corrected chi connectivity index (χ3v) is 2.34. The van der Waals surface area contributed by atoms with Crippen molar-refractivity contribution >= 4 is 12.1 Å². The summed E-state index contributed by atoms with van der Waals surface area (Å²) < 4.78 is 2.14. The molecule has 64 valence electrons. The zero-order valence-corrected chi connectivity index (χ0v) is 6.99. The number of carbonyl (C=O) groups is 1. The second-order valence-corrected chi connectivity index (χ2v) is 3.42. The van der Waals surface area contributed by atoms with Gasteiger partial charge in [0.15, 0.2) is 12.2 Å². The SMILES string of the molecule is NC(=O)C1=C[N+](C2CC2)=CCC1. The van der Waals surface area contributed by atoms with Crippen LogP contribution in [-0.4, -0.2) is 22.7 Å². The average molecular weight is 165 g/mol. The third kappa shape index (κ3) is 1.40. The monoisotopic (exact) mass is 165 g/mol. The molecule has 0 aromatic rings. The minimum Gasteiger partial charge on any atom is -0.366 e. The maximum Gasteiger partial charge on any atom is 0.250 e. The van der Waals surface area contributed by atoms with Crippen LogP contribution < -0.4 is 5.73 Å². The second-order valence-electron chi connectivity index (χ2n) is 3.42. The molecule has 1 saturated carbocycles. The molecule has 2 N–H and O–H groups in total. The van der Waals surface area contributed by atoms with Gasteiger partial charge in [-0.1, -0.05) is 0 Å². The van der Waals surface area contributed by atoms with Crippen molar-refractivity contribution in [3.05, 3.63) is 11.8 Å². The zero-order valence-electron chi connectivity index (χ0n) is 6.99. The van der Waals surface area contributed by atoms with Gasteiger partial charge in [0.25, 0.3) is 5.91 Å². The first-order valence-electron chi connectivity index (χ1n) is 4.38. The number of nitrogens with two attached hydrogens (primary N) is 1. The molecule has 1 aliphatic carbocycles. The molecule has 0 radical (unpaired) electrons. The van der Waals surface area contributed by atoms with Crippen molar-refractivity contribution in [2.75, 3.05) is 0 Å². The van der Waals surface area contributed by atoms with Crippen molar-refractivity contribution in [2.24, 2.45) is 5.73 Å². The predicted octanol–water partition coefficient (Wildman–Crippen LogP) is 0.395. The van der Waals surface area contributed by atoms with Crippen LogP contribution in [0.15, 0.2) is 11.8 Å². The van der Waals surface area contributed by atoms with Gasteiger partial charge >= 0.3 is 0 Å². The Morgan fingerprint density at radius 1 is 1.58 bits per heavy atom. The van der Waals surface area contributed by atoms with E-state index in [9.17, 15) is 4.79 Å². The van der Waals surface area contributed by atoms with E-state index in [1.807, 2.05) is 6.20 Å². The largest absolute Gasteiger partial charge is 0.366 e. The van der Waals surface area contributed by atoms with Crippen molar-refractivity contribution in [3.8, 4) is 0 Å². The Bertz CT molecular complexity index is 274. The number of carbonyl (C=O) groups excluding carboxylic acids is 1. The summed E-state index contributed by atoms with van der Waals surface area (Å²) in [5.74, 6) is -0.270. The Hall–Kier alpha value is -1.12. The highest BCUT2D eigenvalue weighted by atomic mass is 16.1. The van der Waals surface area contributed by atoms with Gasteiger partial charge in [-0.25, -0.2) is 4.58 Å². The number of primary amides is 1. The number of hydrogen-bond donors (Lipinski definition) is 1. The standard InChI is InChI=1S/C9H12N2O/c10-9(12)7-2-1-5-11(6-7)8-3-4-8/h5-6,8H,1-4H2,(H-,10,12)/p+1. The van der Waals surface area contributed by atoms with E-state index < -0.39 is 0 Å². The number of hydrogen-bond acceptors (Lipinski definition) is 1. The van der Waals surface area contributed by atoms with Gasteiger partial charge in [0.2, 0.25) is 0 Å². The summed E-state index contributed by atoms with van der Waals surface area (Å²) in [7, 11) is 0. The third-order valence-electron chi connectivity index (χ3n) is 2.34. The maximum absolute atomic E-state index is 10.9. The van der Waals surface area contributed by atoms with Gasteiger partial charge in [0.1, 0.15) is 6.21 Å². The van der Waals surface area contributed by atoms with Crippen LogP contribution >= 0.6 is 0 Å². The van der Waals surface area contributed by atoms with Crippen LogP contribution in [-0.2, 0) is 4.79 Å². The van der Waals surface area contributed by atoms with E-state index in [4.69, 9.17) is 5.73 Å². The summed E-state index contributed by atoms with van der Waals surface area (Å²) in [5, 5.41) is 0. The zero-order chi connectivity index (χ0) is 8.55. The molecule has 3 nitrogen and oxygen atoms in total. The first-order valence-corrected chi connectivity index (χ1v) is 4.38. The van der Waals surface area contributed by atoms with Crippen molar-refractivity contribution < 1.29 is 9.37 Å². The molecule has 1 aliphatic heterocycles. The number of rotatable bonds is 2. The van der Waals surface area contributed by atoms with Crippen LogP contribution in [0.2, 0.25) is 0 Å². The lowest BCUT2D eigenvalue weighted by Crippen LogP contribution is -2.21. The Balaban J connectivity index is 2.15. The molecule has 0 aromatic carbocycles. The lowest BCUT2D eigenvalue weighted by molar-refractivity contribution is -0.470. The molecule has 12 heavy (non-hydrogen) atoms. The van der Waals surface area contributed by atoms with Crippen LogP contribution in [0, 0.1) is 0 Å². The Morgan fingerprint density at radius 3 is 2.92 bits per heavy atom. The van der Waals surface area contributed by atoms with Crippen LogP contribution in [0.1, 0.15) is 25.7 Å². The minimum atomic E-state index is -0.270. The Kier molecular flexibility index (Phi) is 1.71. The van der Waals surface area contributed by atoms with Gasteiger partial charge in [-0.3, -0.25) is 4.79 Å². The molecule has 0 aromatic heterocycles. The summed E-state index contributed by atoms with van der Waals surface area (Å²) in [6.45, 7) is 0. The molecule has 3 heteroatoms. The quantitative estimate of drug-likeness (QED) is 0.591. The summed E-state index contributed by atoms with van der Waals surface area (Å²) in [6, 6.07) is 0.652. The molecule has 2 rings (SSSR count). The highest BCUT2D eigenvalue weighted by Crippen LogP contribution is 2.25. The van der Waals surface area contributed by atoms with E-state index in [0.29, 0.717) is 6.04 Å². The lowest BCUT2D eigenvalue weighted by atomic mass is 10.1. The van der Waals surface area contributed by atoms with Gasteiger partial charge < -0.3 is 5.73 Å². The van der Waals surface area contributed by atoms with E-state index >= 15 is 0 Å². The summed E-state index contributed by atoms with van der Waals surface area (Å²) in [5.41, 5.74) is 5.97. The van der Waals surface area contributed by atoms with E-state index in [1.165, 1.54) is 12.8 Å². The molecular weight excluding hydrogens is 152 g/mol. The lowest BCUT2D eigenvalue weighted by Gasteiger charge is -2.04. The highest BCUT2D eigenvalue weighted by molar-refractivity contribution is 5.92. The summed E-state index contributed by atoms with van der Waals surface area (Å²) in [6.07, 6.45) is 8.31. The van der Waals surface area contributed by atoms with Crippen molar-refractivity contribution in [3.63, 3.8) is 0 Å². The molecular formula is C9H13N2O+.